The van der Waals surface area contributed by atoms with E-state index in [1.807, 2.05) is 54.6 Å². The van der Waals surface area contributed by atoms with Crippen LogP contribution in [0.2, 0.25) is 0 Å². The summed E-state index contributed by atoms with van der Waals surface area (Å²) in [6.07, 6.45) is 0. The van der Waals surface area contributed by atoms with Gasteiger partial charge in [0.2, 0.25) is 10.0 Å². The minimum absolute atomic E-state index is 0.1000. The van der Waals surface area contributed by atoms with E-state index in [0.29, 0.717) is 13.2 Å². The second kappa shape index (κ2) is 8.03. The van der Waals surface area contributed by atoms with E-state index >= 15 is 0 Å². The Balaban J connectivity index is 1.53. The molecule has 6 heteroatoms. The zero-order chi connectivity index (χ0) is 18.4. The van der Waals surface area contributed by atoms with Gasteiger partial charge in [-0.1, -0.05) is 42.5 Å². The lowest BCUT2D eigenvalue weighted by molar-refractivity contribution is 0.306. The summed E-state index contributed by atoms with van der Waals surface area (Å²) in [5.41, 5.74) is 3.04. The highest BCUT2D eigenvalue weighted by molar-refractivity contribution is 7.89. The van der Waals surface area contributed by atoms with Gasteiger partial charge in [0.05, 0.1) is 4.90 Å². The van der Waals surface area contributed by atoms with Crippen molar-refractivity contribution in [3.63, 3.8) is 0 Å². The van der Waals surface area contributed by atoms with Gasteiger partial charge in [0.15, 0.2) is 0 Å². The van der Waals surface area contributed by atoms with Crippen LogP contribution in [0.1, 0.15) is 11.1 Å². The molecule has 0 aromatic heterocycles. The fourth-order valence-electron chi connectivity index (χ4n) is 2.41. The average molecular weight is 368 g/mol. The minimum atomic E-state index is -3.66. The monoisotopic (exact) mass is 368 g/mol. The first kappa shape index (κ1) is 18.0. The number of anilines is 1. The van der Waals surface area contributed by atoms with Gasteiger partial charge in [0.25, 0.3) is 0 Å². The van der Waals surface area contributed by atoms with Crippen LogP contribution in [-0.2, 0) is 23.2 Å². The fraction of sp³-hybridized carbons (Fsp3) is 0.100. The molecule has 5 nitrogen and oxygen atoms in total. The Morgan fingerprint density at radius 1 is 0.808 bits per heavy atom. The topological polar surface area (TPSA) is 81.4 Å². The van der Waals surface area contributed by atoms with Crippen LogP contribution in [0, 0.1) is 0 Å². The summed E-state index contributed by atoms with van der Waals surface area (Å²) in [5.74, 6) is 0.815. The number of primary sulfonamides is 1. The molecule has 0 aliphatic heterocycles. The van der Waals surface area contributed by atoms with Crippen LogP contribution in [0.4, 0.5) is 5.69 Å². The summed E-state index contributed by atoms with van der Waals surface area (Å²) in [6.45, 7) is 1.16. The average Bonchev–Trinajstić information content (AvgIpc) is 2.66. The third-order valence-corrected chi connectivity index (χ3v) is 4.78. The van der Waals surface area contributed by atoms with Crippen LogP contribution in [0.15, 0.2) is 83.8 Å². The molecule has 0 atom stereocenters. The lowest BCUT2D eigenvalue weighted by Gasteiger charge is -2.09. The normalized spacial score (nSPS) is 11.1. The first-order valence-electron chi connectivity index (χ1n) is 8.13. The van der Waals surface area contributed by atoms with Crippen LogP contribution < -0.4 is 15.2 Å². The summed E-state index contributed by atoms with van der Waals surface area (Å²) >= 11 is 0. The van der Waals surface area contributed by atoms with Crippen LogP contribution in [0.3, 0.4) is 0 Å². The second-order valence-electron chi connectivity index (χ2n) is 5.84. The van der Waals surface area contributed by atoms with E-state index in [0.717, 1.165) is 22.6 Å². The van der Waals surface area contributed by atoms with Crippen molar-refractivity contribution < 1.29 is 13.2 Å². The predicted octanol–water partition coefficient (Wildman–Crippen LogP) is 3.53. The van der Waals surface area contributed by atoms with Gasteiger partial charge in [0.1, 0.15) is 12.4 Å². The highest BCUT2D eigenvalue weighted by Crippen LogP contribution is 2.17. The van der Waals surface area contributed by atoms with Crippen molar-refractivity contribution in [1.82, 2.24) is 0 Å². The Morgan fingerprint density at radius 3 is 2.08 bits per heavy atom. The molecule has 0 fully saturated rings. The summed E-state index contributed by atoms with van der Waals surface area (Å²) < 4.78 is 28.3. The molecule has 26 heavy (non-hydrogen) atoms. The van der Waals surface area contributed by atoms with Crippen molar-refractivity contribution in [2.24, 2.45) is 5.14 Å². The lowest BCUT2D eigenvalue weighted by atomic mass is 10.2. The third kappa shape index (κ3) is 5.08. The zero-order valence-electron chi connectivity index (χ0n) is 14.1. The molecule has 3 aromatic carbocycles. The molecule has 0 bridgehead atoms. The Bertz CT molecular complexity index is 939. The van der Waals surface area contributed by atoms with E-state index in [4.69, 9.17) is 9.88 Å². The smallest absolute Gasteiger partial charge is 0.238 e. The maximum absolute atomic E-state index is 11.2. The maximum Gasteiger partial charge on any atom is 0.238 e. The number of sulfonamides is 1. The van der Waals surface area contributed by atoms with Crippen molar-refractivity contribution in [3.8, 4) is 5.75 Å². The molecule has 0 saturated carbocycles. The Labute approximate surface area is 153 Å². The van der Waals surface area contributed by atoms with E-state index in [1.165, 1.54) is 12.1 Å². The van der Waals surface area contributed by atoms with Crippen molar-refractivity contribution in [2.45, 2.75) is 18.0 Å². The summed E-state index contributed by atoms with van der Waals surface area (Å²) in [6, 6.07) is 24.2. The molecule has 0 aliphatic rings. The van der Waals surface area contributed by atoms with Gasteiger partial charge < -0.3 is 10.1 Å². The van der Waals surface area contributed by atoms with Crippen LogP contribution in [0.5, 0.6) is 5.75 Å². The number of rotatable bonds is 7. The molecule has 0 spiro atoms. The highest BCUT2D eigenvalue weighted by atomic mass is 32.2. The van der Waals surface area contributed by atoms with E-state index in [9.17, 15) is 8.42 Å². The van der Waals surface area contributed by atoms with E-state index in [1.54, 1.807) is 12.1 Å². The van der Waals surface area contributed by atoms with Gasteiger partial charge in [-0.15, -0.1) is 0 Å². The molecule has 3 rings (SSSR count). The molecule has 0 amide bonds. The summed E-state index contributed by atoms with van der Waals surface area (Å²) in [7, 11) is -3.66. The van der Waals surface area contributed by atoms with Gasteiger partial charge in [0, 0.05) is 12.2 Å². The quantitative estimate of drug-likeness (QED) is 0.668. The molecule has 0 saturated heterocycles. The van der Waals surface area contributed by atoms with Crippen molar-refractivity contribution >= 4 is 15.7 Å². The minimum Gasteiger partial charge on any atom is -0.489 e. The van der Waals surface area contributed by atoms with Crippen LogP contribution in [0.25, 0.3) is 0 Å². The van der Waals surface area contributed by atoms with Gasteiger partial charge in [-0.05, 0) is 47.5 Å². The van der Waals surface area contributed by atoms with Crippen LogP contribution >= 0.6 is 0 Å². The van der Waals surface area contributed by atoms with Crippen molar-refractivity contribution in [2.75, 3.05) is 5.32 Å². The predicted molar refractivity (Wildman–Crippen MR) is 102 cm³/mol. The van der Waals surface area contributed by atoms with Gasteiger partial charge >= 0.3 is 0 Å². The van der Waals surface area contributed by atoms with Crippen LogP contribution in [-0.4, -0.2) is 8.42 Å². The molecule has 0 unspecified atom stereocenters. The number of ether oxygens (including phenoxy) is 1. The largest absolute Gasteiger partial charge is 0.489 e. The standard InChI is InChI=1S/C20H20N2O3S/c21-26(23,24)20-12-8-18(9-13-20)22-14-16-6-10-19(11-7-16)25-15-17-4-2-1-3-5-17/h1-13,22H,14-15H2,(H2,21,23,24). The van der Waals surface area contributed by atoms with E-state index in [-0.39, 0.29) is 4.90 Å². The first-order chi connectivity index (χ1) is 12.5. The Kier molecular flexibility index (Phi) is 5.55. The molecule has 0 heterocycles. The lowest BCUT2D eigenvalue weighted by Crippen LogP contribution is -2.12. The summed E-state index contributed by atoms with van der Waals surface area (Å²) in [5, 5.41) is 8.33. The van der Waals surface area contributed by atoms with E-state index in [2.05, 4.69) is 5.32 Å². The molecule has 0 radical (unpaired) electrons. The summed E-state index contributed by atoms with van der Waals surface area (Å²) in [4.78, 5) is 0.1000. The molecule has 0 aliphatic carbocycles. The number of benzene rings is 3. The number of hydrogen-bond donors (Lipinski definition) is 2. The molecule has 3 N–H and O–H groups in total. The zero-order valence-corrected chi connectivity index (χ0v) is 14.9. The molecule has 134 valence electrons. The molecular formula is C20H20N2O3S. The Morgan fingerprint density at radius 2 is 1.46 bits per heavy atom. The third-order valence-electron chi connectivity index (χ3n) is 3.85. The molecular weight excluding hydrogens is 348 g/mol. The highest BCUT2D eigenvalue weighted by Gasteiger charge is 2.06. The van der Waals surface area contributed by atoms with E-state index < -0.39 is 10.0 Å². The first-order valence-corrected chi connectivity index (χ1v) is 9.68. The molecule has 3 aromatic rings. The number of hydrogen-bond acceptors (Lipinski definition) is 4. The number of nitrogens with two attached hydrogens (primary N) is 1. The SMILES string of the molecule is NS(=O)(=O)c1ccc(NCc2ccc(OCc3ccccc3)cc2)cc1. The Hall–Kier alpha value is -2.83. The number of nitrogens with one attached hydrogen (secondary N) is 1. The fourth-order valence-corrected chi connectivity index (χ4v) is 2.93. The van der Waals surface area contributed by atoms with Crippen molar-refractivity contribution in [3.05, 3.63) is 90.0 Å². The van der Waals surface area contributed by atoms with Gasteiger partial charge in [-0.25, -0.2) is 13.6 Å². The van der Waals surface area contributed by atoms with Gasteiger partial charge in [-0.3, -0.25) is 0 Å². The maximum atomic E-state index is 11.2. The second-order valence-corrected chi connectivity index (χ2v) is 7.40. The van der Waals surface area contributed by atoms with Gasteiger partial charge in [-0.2, -0.15) is 0 Å². The van der Waals surface area contributed by atoms with Crippen molar-refractivity contribution in [1.29, 1.82) is 0 Å².